The molecule has 0 spiro atoms. The Balaban J connectivity index is 1.51. The molecule has 1 aliphatic carbocycles. The number of aromatic nitrogens is 3. The lowest BCUT2D eigenvalue weighted by molar-refractivity contribution is 0.216. The third kappa shape index (κ3) is 3.26. The number of aryl methyl sites for hydroxylation is 2. The quantitative estimate of drug-likeness (QED) is 0.865. The van der Waals surface area contributed by atoms with E-state index in [4.69, 9.17) is 0 Å². The number of rotatable bonds is 4. The van der Waals surface area contributed by atoms with Crippen LogP contribution >= 0.6 is 0 Å². The van der Waals surface area contributed by atoms with Crippen molar-refractivity contribution in [1.82, 2.24) is 19.7 Å². The Bertz CT molecular complexity index is 756. The lowest BCUT2D eigenvalue weighted by Gasteiger charge is -2.25. The van der Waals surface area contributed by atoms with Gasteiger partial charge in [-0.15, -0.1) is 0 Å². The molecule has 3 heterocycles. The van der Waals surface area contributed by atoms with Gasteiger partial charge < -0.3 is 0 Å². The van der Waals surface area contributed by atoms with Gasteiger partial charge in [0, 0.05) is 31.0 Å². The Morgan fingerprint density at radius 3 is 3.00 bits per heavy atom. The summed E-state index contributed by atoms with van der Waals surface area (Å²) >= 11 is 0. The Kier molecular flexibility index (Phi) is 4.43. The zero-order chi connectivity index (χ0) is 16.4. The monoisotopic (exact) mass is 324 g/mol. The summed E-state index contributed by atoms with van der Waals surface area (Å²) in [7, 11) is 0. The molecule has 1 fully saturated rings. The van der Waals surface area contributed by atoms with Crippen LogP contribution in [0.2, 0.25) is 0 Å². The van der Waals surface area contributed by atoms with E-state index in [0.717, 1.165) is 38.0 Å². The minimum atomic E-state index is 0.0591. The first-order chi connectivity index (χ1) is 11.8. The second kappa shape index (κ2) is 6.85. The molecule has 1 atom stereocenters. The van der Waals surface area contributed by atoms with Gasteiger partial charge in [-0.2, -0.15) is 5.10 Å². The molecule has 24 heavy (non-hydrogen) atoms. The van der Waals surface area contributed by atoms with Crippen LogP contribution in [0, 0.1) is 0 Å². The van der Waals surface area contributed by atoms with Crippen molar-refractivity contribution in [3.8, 4) is 0 Å². The van der Waals surface area contributed by atoms with Crippen molar-refractivity contribution >= 4 is 0 Å². The van der Waals surface area contributed by atoms with Gasteiger partial charge in [-0.1, -0.05) is 6.07 Å². The van der Waals surface area contributed by atoms with Gasteiger partial charge >= 0.3 is 0 Å². The van der Waals surface area contributed by atoms with Crippen LogP contribution in [-0.2, 0) is 25.9 Å². The number of fused-ring (bicyclic) bond motifs is 1. The van der Waals surface area contributed by atoms with Crippen molar-refractivity contribution in [2.75, 3.05) is 6.54 Å². The van der Waals surface area contributed by atoms with E-state index in [1.807, 2.05) is 24.5 Å². The van der Waals surface area contributed by atoms with Gasteiger partial charge in [-0.3, -0.25) is 14.7 Å². The zero-order valence-corrected chi connectivity index (χ0v) is 14.0. The predicted molar refractivity (Wildman–Crippen MR) is 92.8 cm³/mol. The highest BCUT2D eigenvalue weighted by atomic mass is 16.1. The molecule has 1 aliphatic heterocycles. The van der Waals surface area contributed by atoms with Crippen LogP contribution in [0.3, 0.4) is 0 Å². The third-order valence-electron chi connectivity index (χ3n) is 5.27. The molecular weight excluding hydrogens is 300 g/mol. The summed E-state index contributed by atoms with van der Waals surface area (Å²) in [5.74, 6) is 0. The Hall–Kier alpha value is -2.01. The predicted octanol–water partition coefficient (Wildman–Crippen LogP) is 2.18. The number of pyridine rings is 1. The smallest absolute Gasteiger partial charge is 0.267 e. The largest absolute Gasteiger partial charge is 0.294 e. The van der Waals surface area contributed by atoms with Gasteiger partial charge in [0.05, 0.1) is 12.2 Å². The fourth-order valence-electron chi connectivity index (χ4n) is 3.97. The standard InChI is InChI=1S/C19H24N4O/c24-19-11-16-6-1-2-8-18(16)21-23(19)14-17-7-4-10-22(17)13-15-5-3-9-20-12-15/h3,5,9,11-12,17H,1-2,4,6-8,10,13-14H2. The van der Waals surface area contributed by atoms with Gasteiger partial charge in [-0.05, 0) is 62.3 Å². The highest BCUT2D eigenvalue weighted by molar-refractivity contribution is 5.20. The summed E-state index contributed by atoms with van der Waals surface area (Å²) in [6.45, 7) is 2.68. The van der Waals surface area contributed by atoms with Crippen LogP contribution in [0.1, 0.15) is 42.5 Å². The summed E-state index contributed by atoms with van der Waals surface area (Å²) in [6, 6.07) is 6.31. The fourth-order valence-corrected chi connectivity index (χ4v) is 3.97. The molecule has 2 aromatic heterocycles. The fraction of sp³-hybridized carbons (Fsp3) is 0.526. The van der Waals surface area contributed by atoms with Gasteiger partial charge in [-0.25, -0.2) is 4.68 Å². The van der Waals surface area contributed by atoms with E-state index < -0.39 is 0 Å². The SMILES string of the molecule is O=c1cc2c(nn1CC1CCCN1Cc1cccnc1)CCCC2. The molecule has 4 rings (SSSR count). The minimum absolute atomic E-state index is 0.0591. The Morgan fingerprint density at radius 1 is 1.21 bits per heavy atom. The molecule has 5 nitrogen and oxygen atoms in total. The van der Waals surface area contributed by atoms with Crippen LogP contribution in [-0.4, -0.2) is 32.3 Å². The van der Waals surface area contributed by atoms with Crippen molar-refractivity contribution in [3.63, 3.8) is 0 Å². The summed E-state index contributed by atoms with van der Waals surface area (Å²) in [4.78, 5) is 19.1. The van der Waals surface area contributed by atoms with E-state index in [2.05, 4.69) is 21.0 Å². The molecule has 5 heteroatoms. The normalized spacial score (nSPS) is 20.9. The summed E-state index contributed by atoms with van der Waals surface area (Å²) < 4.78 is 1.70. The summed E-state index contributed by atoms with van der Waals surface area (Å²) in [6.07, 6.45) is 10.4. The van der Waals surface area contributed by atoms with Gasteiger partial charge in [0.2, 0.25) is 0 Å². The average molecular weight is 324 g/mol. The minimum Gasteiger partial charge on any atom is -0.294 e. The highest BCUT2D eigenvalue weighted by Gasteiger charge is 2.26. The molecule has 0 amide bonds. The first-order valence-corrected chi connectivity index (χ1v) is 9.02. The van der Waals surface area contributed by atoms with Gasteiger partial charge in [0.25, 0.3) is 5.56 Å². The van der Waals surface area contributed by atoms with Crippen molar-refractivity contribution in [3.05, 3.63) is 57.8 Å². The van der Waals surface area contributed by atoms with Crippen LogP contribution in [0.4, 0.5) is 0 Å². The molecule has 0 aromatic carbocycles. The van der Waals surface area contributed by atoms with Crippen LogP contribution in [0.15, 0.2) is 35.4 Å². The van der Waals surface area contributed by atoms with E-state index in [9.17, 15) is 4.79 Å². The van der Waals surface area contributed by atoms with Crippen molar-refractivity contribution in [2.45, 2.75) is 57.7 Å². The van der Waals surface area contributed by atoms with E-state index in [0.29, 0.717) is 12.6 Å². The number of likely N-dealkylation sites (tertiary alicyclic amines) is 1. The molecule has 0 radical (unpaired) electrons. The summed E-state index contributed by atoms with van der Waals surface area (Å²) in [5, 5.41) is 4.68. The Labute approximate surface area is 142 Å². The van der Waals surface area contributed by atoms with Crippen LogP contribution in [0.5, 0.6) is 0 Å². The van der Waals surface area contributed by atoms with Crippen LogP contribution < -0.4 is 5.56 Å². The molecule has 0 bridgehead atoms. The number of hydrogen-bond acceptors (Lipinski definition) is 4. The highest BCUT2D eigenvalue weighted by Crippen LogP contribution is 2.22. The second-order valence-electron chi connectivity index (χ2n) is 6.97. The van der Waals surface area contributed by atoms with E-state index in [1.54, 1.807) is 4.68 Å². The van der Waals surface area contributed by atoms with E-state index in [1.165, 1.54) is 30.4 Å². The number of hydrogen-bond donors (Lipinski definition) is 0. The van der Waals surface area contributed by atoms with Crippen molar-refractivity contribution in [1.29, 1.82) is 0 Å². The third-order valence-corrected chi connectivity index (χ3v) is 5.27. The van der Waals surface area contributed by atoms with Crippen LogP contribution in [0.25, 0.3) is 0 Å². The van der Waals surface area contributed by atoms with Gasteiger partial charge in [0.1, 0.15) is 0 Å². The maximum atomic E-state index is 12.4. The lowest BCUT2D eigenvalue weighted by Crippen LogP contribution is -2.37. The number of nitrogens with zero attached hydrogens (tertiary/aromatic N) is 4. The molecule has 126 valence electrons. The van der Waals surface area contributed by atoms with Gasteiger partial charge in [0.15, 0.2) is 0 Å². The van der Waals surface area contributed by atoms with E-state index in [-0.39, 0.29) is 5.56 Å². The molecule has 1 saturated heterocycles. The first kappa shape index (κ1) is 15.5. The van der Waals surface area contributed by atoms with Crippen molar-refractivity contribution in [2.24, 2.45) is 0 Å². The molecule has 2 aliphatic rings. The first-order valence-electron chi connectivity index (χ1n) is 9.02. The molecule has 0 saturated carbocycles. The summed E-state index contributed by atoms with van der Waals surface area (Å²) in [5.41, 5.74) is 3.60. The second-order valence-corrected chi connectivity index (χ2v) is 6.97. The topological polar surface area (TPSA) is 51.0 Å². The van der Waals surface area contributed by atoms with E-state index >= 15 is 0 Å². The molecular formula is C19H24N4O. The molecule has 0 N–H and O–H groups in total. The average Bonchev–Trinajstić information content (AvgIpc) is 3.03. The molecule has 1 unspecified atom stereocenters. The maximum absolute atomic E-state index is 12.4. The Morgan fingerprint density at radius 2 is 2.12 bits per heavy atom. The molecule has 2 aromatic rings. The van der Waals surface area contributed by atoms with Crippen molar-refractivity contribution < 1.29 is 0 Å². The zero-order valence-electron chi connectivity index (χ0n) is 14.0. The lowest BCUT2D eigenvalue weighted by atomic mass is 9.97. The maximum Gasteiger partial charge on any atom is 0.267 e.